The molecule has 1 amide bonds. The van der Waals surface area contributed by atoms with E-state index >= 15 is 0 Å². The lowest BCUT2D eigenvalue weighted by atomic mass is 10.4. The molecule has 0 saturated heterocycles. The lowest BCUT2D eigenvalue weighted by molar-refractivity contribution is -0.120. The Hall–Kier alpha value is -2.18. The van der Waals surface area contributed by atoms with Gasteiger partial charge >= 0.3 is 5.97 Å². The molecule has 19 heavy (non-hydrogen) atoms. The van der Waals surface area contributed by atoms with Gasteiger partial charge in [0.25, 0.3) is 0 Å². The van der Waals surface area contributed by atoms with Crippen LogP contribution >= 0.6 is 0 Å². The minimum Gasteiger partial charge on any atom is -0.463 e. The Morgan fingerprint density at radius 1 is 1.47 bits per heavy atom. The Morgan fingerprint density at radius 2 is 2.26 bits per heavy atom. The summed E-state index contributed by atoms with van der Waals surface area (Å²) in [7, 11) is 1.27. The summed E-state index contributed by atoms with van der Waals surface area (Å²) in [5, 5.41) is 5.86. The molecule has 0 spiro atoms. The lowest BCUT2D eigenvalue weighted by Gasteiger charge is -2.06. The van der Waals surface area contributed by atoms with E-state index in [4.69, 9.17) is 0 Å². The first-order valence-electron chi connectivity index (χ1n) is 6.13. The monoisotopic (exact) mass is 264 g/mol. The maximum Gasteiger partial charge on any atom is 0.376 e. The van der Waals surface area contributed by atoms with E-state index in [1.807, 2.05) is 0 Å². The fraction of sp³-hybridized carbons (Fsp3) is 0.500. The normalized spacial score (nSPS) is 13.7. The van der Waals surface area contributed by atoms with Gasteiger partial charge in [0.2, 0.25) is 11.7 Å². The number of carbonyl (C=O) groups excluding carboxylic acids is 2. The van der Waals surface area contributed by atoms with E-state index in [9.17, 15) is 9.59 Å². The SMILES string of the molecule is COC(=O)c1nccc(NCCC(=O)NC2CC2)n1. The highest BCUT2D eigenvalue weighted by molar-refractivity contribution is 5.85. The Morgan fingerprint density at radius 3 is 2.95 bits per heavy atom. The molecule has 1 aliphatic carbocycles. The molecule has 0 aliphatic heterocycles. The first kappa shape index (κ1) is 13.3. The lowest BCUT2D eigenvalue weighted by Crippen LogP contribution is -2.27. The molecule has 7 nitrogen and oxygen atoms in total. The number of nitrogens with zero attached hydrogens (tertiary/aromatic N) is 2. The molecule has 1 saturated carbocycles. The van der Waals surface area contributed by atoms with Gasteiger partial charge in [-0.05, 0) is 18.9 Å². The third-order valence-corrected chi connectivity index (χ3v) is 2.62. The van der Waals surface area contributed by atoms with Gasteiger partial charge < -0.3 is 15.4 Å². The number of aromatic nitrogens is 2. The van der Waals surface area contributed by atoms with Crippen LogP contribution in [-0.4, -0.2) is 41.5 Å². The molecule has 2 N–H and O–H groups in total. The van der Waals surface area contributed by atoms with E-state index in [1.165, 1.54) is 13.3 Å². The molecule has 1 aliphatic rings. The predicted octanol–water partition coefficient (Wildman–Crippen LogP) is 0.344. The summed E-state index contributed by atoms with van der Waals surface area (Å²) in [6.45, 7) is 0.455. The van der Waals surface area contributed by atoms with Crippen LogP contribution in [0.25, 0.3) is 0 Å². The van der Waals surface area contributed by atoms with Crippen LogP contribution in [0.15, 0.2) is 12.3 Å². The van der Waals surface area contributed by atoms with Gasteiger partial charge in [0.05, 0.1) is 7.11 Å². The Kier molecular flexibility index (Phi) is 4.27. The van der Waals surface area contributed by atoms with Crippen molar-refractivity contribution >= 4 is 17.7 Å². The summed E-state index contributed by atoms with van der Waals surface area (Å²) < 4.78 is 4.53. The van der Waals surface area contributed by atoms with Crippen molar-refractivity contribution in [3.8, 4) is 0 Å². The van der Waals surface area contributed by atoms with Gasteiger partial charge in [0.1, 0.15) is 5.82 Å². The van der Waals surface area contributed by atoms with E-state index < -0.39 is 5.97 Å². The second-order valence-corrected chi connectivity index (χ2v) is 4.28. The zero-order chi connectivity index (χ0) is 13.7. The number of rotatable bonds is 6. The number of hydrogen-bond acceptors (Lipinski definition) is 6. The average molecular weight is 264 g/mol. The Balaban J connectivity index is 1.78. The average Bonchev–Trinajstić information content (AvgIpc) is 3.22. The van der Waals surface area contributed by atoms with Crippen LogP contribution in [0.4, 0.5) is 5.82 Å². The van der Waals surface area contributed by atoms with Crippen molar-refractivity contribution in [2.75, 3.05) is 19.0 Å². The van der Waals surface area contributed by atoms with Crippen molar-refractivity contribution < 1.29 is 14.3 Å². The zero-order valence-corrected chi connectivity index (χ0v) is 10.7. The van der Waals surface area contributed by atoms with E-state index in [2.05, 4.69) is 25.3 Å². The van der Waals surface area contributed by atoms with Gasteiger partial charge in [-0.25, -0.2) is 14.8 Å². The predicted molar refractivity (Wildman–Crippen MR) is 67.6 cm³/mol. The van der Waals surface area contributed by atoms with Crippen molar-refractivity contribution in [1.82, 2.24) is 15.3 Å². The minimum absolute atomic E-state index is 0.00469. The quantitative estimate of drug-likeness (QED) is 0.720. The number of esters is 1. The standard InChI is InChI=1S/C12H16N4O3/c1-19-12(18)11-14-6-4-9(16-11)13-7-5-10(17)15-8-2-3-8/h4,6,8H,2-3,5,7H2,1H3,(H,15,17)(H,13,14,16). The first-order valence-corrected chi connectivity index (χ1v) is 6.13. The molecule has 0 aromatic carbocycles. The smallest absolute Gasteiger partial charge is 0.376 e. The first-order chi connectivity index (χ1) is 9.19. The highest BCUT2D eigenvalue weighted by Crippen LogP contribution is 2.18. The van der Waals surface area contributed by atoms with Crippen molar-refractivity contribution in [2.45, 2.75) is 25.3 Å². The van der Waals surface area contributed by atoms with Crippen LogP contribution in [-0.2, 0) is 9.53 Å². The minimum atomic E-state index is -0.588. The van der Waals surface area contributed by atoms with E-state index in [0.29, 0.717) is 24.8 Å². The summed E-state index contributed by atoms with van der Waals surface area (Å²) in [5.41, 5.74) is 0. The molecule has 2 rings (SSSR count). The maximum atomic E-state index is 11.4. The fourth-order valence-electron chi connectivity index (χ4n) is 1.48. The topological polar surface area (TPSA) is 93.2 Å². The van der Waals surface area contributed by atoms with Gasteiger partial charge in [0.15, 0.2) is 0 Å². The molecule has 0 bridgehead atoms. The molecule has 1 fully saturated rings. The zero-order valence-electron chi connectivity index (χ0n) is 10.7. The van der Waals surface area contributed by atoms with Crippen LogP contribution in [0.3, 0.4) is 0 Å². The largest absolute Gasteiger partial charge is 0.463 e. The number of carbonyl (C=O) groups is 2. The number of methoxy groups -OCH3 is 1. The highest BCUT2D eigenvalue weighted by Gasteiger charge is 2.22. The fourth-order valence-corrected chi connectivity index (χ4v) is 1.48. The third-order valence-electron chi connectivity index (χ3n) is 2.62. The molecular formula is C12H16N4O3. The number of anilines is 1. The van der Waals surface area contributed by atoms with Crippen LogP contribution < -0.4 is 10.6 Å². The van der Waals surface area contributed by atoms with E-state index in [-0.39, 0.29) is 11.7 Å². The Bertz CT molecular complexity index is 474. The summed E-state index contributed by atoms with van der Waals surface area (Å²) in [5.74, 6) is -0.0723. The molecular weight excluding hydrogens is 248 g/mol. The van der Waals surface area contributed by atoms with Gasteiger partial charge in [-0.15, -0.1) is 0 Å². The molecule has 0 radical (unpaired) electrons. The van der Waals surface area contributed by atoms with Gasteiger partial charge in [-0.3, -0.25) is 4.79 Å². The van der Waals surface area contributed by atoms with Crippen LogP contribution in [0.1, 0.15) is 29.9 Å². The number of amides is 1. The summed E-state index contributed by atoms with van der Waals surface area (Å²) in [4.78, 5) is 30.5. The van der Waals surface area contributed by atoms with Gasteiger partial charge in [-0.2, -0.15) is 0 Å². The number of ether oxygens (including phenoxy) is 1. The Labute approximate surface area is 110 Å². The van der Waals surface area contributed by atoms with E-state index in [1.54, 1.807) is 6.07 Å². The summed E-state index contributed by atoms with van der Waals surface area (Å²) in [6, 6.07) is 2.00. The second-order valence-electron chi connectivity index (χ2n) is 4.28. The molecule has 0 atom stereocenters. The molecule has 1 heterocycles. The molecule has 1 aromatic rings. The molecule has 102 valence electrons. The molecule has 7 heteroatoms. The molecule has 1 aromatic heterocycles. The highest BCUT2D eigenvalue weighted by atomic mass is 16.5. The number of hydrogen-bond donors (Lipinski definition) is 2. The summed E-state index contributed by atoms with van der Waals surface area (Å²) in [6.07, 6.45) is 3.99. The van der Waals surface area contributed by atoms with Crippen molar-refractivity contribution in [3.63, 3.8) is 0 Å². The van der Waals surface area contributed by atoms with Crippen LogP contribution in [0.5, 0.6) is 0 Å². The van der Waals surface area contributed by atoms with E-state index in [0.717, 1.165) is 12.8 Å². The molecule has 0 unspecified atom stereocenters. The number of nitrogens with one attached hydrogen (secondary N) is 2. The van der Waals surface area contributed by atoms with Gasteiger partial charge in [-0.1, -0.05) is 0 Å². The van der Waals surface area contributed by atoms with Crippen molar-refractivity contribution in [1.29, 1.82) is 0 Å². The third kappa shape index (κ3) is 4.20. The van der Waals surface area contributed by atoms with Crippen molar-refractivity contribution in [3.05, 3.63) is 18.1 Å². The van der Waals surface area contributed by atoms with Crippen LogP contribution in [0, 0.1) is 0 Å². The summed E-state index contributed by atoms with van der Waals surface area (Å²) >= 11 is 0. The van der Waals surface area contributed by atoms with Crippen molar-refractivity contribution in [2.24, 2.45) is 0 Å². The van der Waals surface area contributed by atoms with Crippen LogP contribution in [0.2, 0.25) is 0 Å². The van der Waals surface area contributed by atoms with Gasteiger partial charge in [0, 0.05) is 25.2 Å². The second kappa shape index (κ2) is 6.12. The maximum absolute atomic E-state index is 11.4.